The van der Waals surface area contributed by atoms with Gasteiger partial charge in [0.05, 0.1) is 13.1 Å². The highest BCUT2D eigenvalue weighted by Gasteiger charge is 2.59. The highest BCUT2D eigenvalue weighted by molar-refractivity contribution is 7.89. The van der Waals surface area contributed by atoms with E-state index in [2.05, 4.69) is 10.1 Å². The lowest BCUT2D eigenvalue weighted by atomic mass is 9.74. The molecule has 0 radical (unpaired) electrons. The molecule has 174 valence electrons. The number of amides is 3. The van der Waals surface area contributed by atoms with Crippen molar-refractivity contribution >= 4 is 22.1 Å². The minimum absolute atomic E-state index is 0.104. The van der Waals surface area contributed by atoms with Gasteiger partial charge in [0.15, 0.2) is 0 Å². The summed E-state index contributed by atoms with van der Waals surface area (Å²) in [5.41, 5.74) is -0.932. The minimum Gasteiger partial charge on any atom is -0.447 e. The van der Waals surface area contributed by atoms with E-state index in [9.17, 15) is 31.2 Å². The summed E-state index contributed by atoms with van der Waals surface area (Å²) in [6.07, 6.45) is -5.52. The standard InChI is InChI=1S/C18H19F3N4O6S/c19-18(20,21)31-12-3-1-2-4-13(12)32(28,29)25-7-16(8-25)5-23(6-16)15(27)24-9-17(10-24)11-30-14(26)22-17/h1-4H,5-11H2,(H,22,26). The number of ether oxygens (including phenoxy) is 2. The lowest BCUT2D eigenvalue weighted by molar-refractivity contribution is -0.275. The van der Waals surface area contributed by atoms with Gasteiger partial charge in [0.25, 0.3) is 0 Å². The number of alkyl carbamates (subject to hydrolysis) is 1. The van der Waals surface area contributed by atoms with Crippen LogP contribution in [-0.2, 0) is 14.8 Å². The summed E-state index contributed by atoms with van der Waals surface area (Å²) in [5, 5.41) is 2.69. The Morgan fingerprint density at radius 1 is 1.06 bits per heavy atom. The second-order valence-electron chi connectivity index (χ2n) is 8.74. The first-order valence-electron chi connectivity index (χ1n) is 9.74. The minimum atomic E-state index is -5.01. The van der Waals surface area contributed by atoms with Crippen molar-refractivity contribution in [1.29, 1.82) is 0 Å². The van der Waals surface area contributed by atoms with E-state index in [0.29, 0.717) is 26.2 Å². The van der Waals surface area contributed by atoms with Gasteiger partial charge in [0.2, 0.25) is 10.0 Å². The highest BCUT2D eigenvalue weighted by Crippen LogP contribution is 2.44. The highest BCUT2D eigenvalue weighted by atomic mass is 32.2. The van der Waals surface area contributed by atoms with Crippen LogP contribution < -0.4 is 10.1 Å². The molecule has 0 unspecified atom stereocenters. The number of rotatable bonds is 3. The zero-order valence-electron chi connectivity index (χ0n) is 16.6. The SMILES string of the molecule is O=C1NC2(CO1)CN(C(=O)N1CC3(C1)CN(S(=O)(=O)c1ccccc1OC(F)(F)F)C3)C2. The maximum Gasteiger partial charge on any atom is 0.573 e. The van der Waals surface area contributed by atoms with E-state index < -0.39 is 44.1 Å². The number of hydrogen-bond acceptors (Lipinski definition) is 6. The fraction of sp³-hybridized carbons (Fsp3) is 0.556. The van der Waals surface area contributed by atoms with Gasteiger partial charge >= 0.3 is 18.5 Å². The topological polar surface area (TPSA) is 108 Å². The van der Waals surface area contributed by atoms with E-state index in [4.69, 9.17) is 4.74 Å². The lowest BCUT2D eigenvalue weighted by Crippen LogP contribution is -2.77. The number of benzene rings is 1. The Bertz CT molecular complexity index is 1070. The van der Waals surface area contributed by atoms with Crippen molar-refractivity contribution < 1.29 is 40.7 Å². The molecule has 4 saturated heterocycles. The normalized spacial score (nSPS) is 23.8. The number of nitrogens with one attached hydrogen (secondary N) is 1. The van der Waals surface area contributed by atoms with Gasteiger partial charge in [0, 0.05) is 31.6 Å². The van der Waals surface area contributed by atoms with Crippen LogP contribution in [-0.4, -0.2) is 92.4 Å². The number of nitrogens with zero attached hydrogens (tertiary/aromatic N) is 3. The van der Waals surface area contributed by atoms with Crippen molar-refractivity contribution in [2.75, 3.05) is 45.9 Å². The molecule has 1 aromatic carbocycles. The first-order valence-corrected chi connectivity index (χ1v) is 11.2. The second-order valence-corrected chi connectivity index (χ2v) is 10.7. The van der Waals surface area contributed by atoms with Crippen molar-refractivity contribution in [2.24, 2.45) is 5.41 Å². The van der Waals surface area contributed by atoms with Crippen LogP contribution in [0.2, 0.25) is 0 Å². The van der Waals surface area contributed by atoms with Gasteiger partial charge in [-0.05, 0) is 12.1 Å². The van der Waals surface area contributed by atoms with Crippen LogP contribution in [0, 0.1) is 5.41 Å². The molecule has 32 heavy (non-hydrogen) atoms. The number of halogens is 3. The molecule has 0 saturated carbocycles. The Kier molecular flexibility index (Phi) is 4.38. The molecular weight excluding hydrogens is 457 g/mol. The number of carbonyl (C=O) groups excluding carboxylic acids is 2. The molecule has 4 heterocycles. The number of hydrogen-bond donors (Lipinski definition) is 1. The third kappa shape index (κ3) is 3.41. The second kappa shape index (κ2) is 6.63. The van der Waals surface area contributed by atoms with Crippen LogP contribution in [0.15, 0.2) is 29.2 Å². The van der Waals surface area contributed by atoms with Gasteiger partial charge in [-0.1, -0.05) is 12.1 Å². The van der Waals surface area contributed by atoms with Gasteiger partial charge in [-0.15, -0.1) is 13.2 Å². The first kappa shape index (κ1) is 21.1. The van der Waals surface area contributed by atoms with Gasteiger partial charge in [-0.25, -0.2) is 18.0 Å². The summed E-state index contributed by atoms with van der Waals surface area (Å²) in [6, 6.07) is 4.41. The number of likely N-dealkylation sites (tertiary alicyclic amines) is 2. The monoisotopic (exact) mass is 476 g/mol. The quantitative estimate of drug-likeness (QED) is 0.692. The van der Waals surface area contributed by atoms with Crippen molar-refractivity contribution in [2.45, 2.75) is 16.8 Å². The predicted octanol–water partition coefficient (Wildman–Crippen LogP) is 0.806. The van der Waals surface area contributed by atoms with Crippen LogP contribution >= 0.6 is 0 Å². The van der Waals surface area contributed by atoms with E-state index in [-0.39, 0.29) is 25.7 Å². The van der Waals surface area contributed by atoms with Gasteiger partial charge in [-0.2, -0.15) is 4.31 Å². The first-order chi connectivity index (χ1) is 14.9. The van der Waals surface area contributed by atoms with Crippen molar-refractivity contribution in [1.82, 2.24) is 19.4 Å². The molecule has 2 spiro atoms. The molecule has 4 aliphatic rings. The molecule has 1 aromatic rings. The van der Waals surface area contributed by atoms with Crippen LogP contribution in [0.25, 0.3) is 0 Å². The van der Waals surface area contributed by atoms with E-state index >= 15 is 0 Å². The molecular formula is C18H19F3N4O6S. The zero-order chi connectivity index (χ0) is 22.9. The lowest BCUT2D eigenvalue weighted by Gasteiger charge is -2.60. The van der Waals surface area contributed by atoms with Crippen LogP contribution in [0.4, 0.5) is 22.8 Å². The Hall–Kier alpha value is -2.74. The van der Waals surface area contributed by atoms with Crippen molar-refractivity contribution in [3.63, 3.8) is 0 Å². The Balaban J connectivity index is 1.17. The Morgan fingerprint density at radius 2 is 1.69 bits per heavy atom. The van der Waals surface area contributed by atoms with Gasteiger partial charge in [0.1, 0.15) is 22.8 Å². The number of alkyl halides is 3. The summed E-state index contributed by atoms with van der Waals surface area (Å²) in [5.74, 6) is -0.777. The number of sulfonamides is 1. The largest absolute Gasteiger partial charge is 0.573 e. The fourth-order valence-corrected chi connectivity index (χ4v) is 6.44. The van der Waals surface area contributed by atoms with E-state index in [1.807, 2.05) is 0 Å². The number of para-hydroxylation sites is 1. The molecule has 0 atom stereocenters. The molecule has 0 aliphatic carbocycles. The molecule has 4 fully saturated rings. The van der Waals surface area contributed by atoms with Crippen molar-refractivity contribution in [3.8, 4) is 5.75 Å². The van der Waals surface area contributed by atoms with Crippen LogP contribution in [0.3, 0.4) is 0 Å². The predicted molar refractivity (Wildman–Crippen MR) is 100 cm³/mol. The van der Waals surface area contributed by atoms with E-state index in [0.717, 1.165) is 16.4 Å². The van der Waals surface area contributed by atoms with Crippen molar-refractivity contribution in [3.05, 3.63) is 24.3 Å². The molecule has 1 N–H and O–H groups in total. The third-order valence-electron chi connectivity index (χ3n) is 6.14. The maximum atomic E-state index is 12.8. The van der Waals surface area contributed by atoms with E-state index in [1.54, 1.807) is 9.80 Å². The number of carbonyl (C=O) groups is 2. The van der Waals surface area contributed by atoms with Gasteiger partial charge < -0.3 is 24.6 Å². The van der Waals surface area contributed by atoms with E-state index in [1.165, 1.54) is 12.1 Å². The molecule has 3 amide bonds. The molecule has 4 aliphatic heterocycles. The Labute approximate surface area is 180 Å². The molecule has 10 nitrogen and oxygen atoms in total. The fourth-order valence-electron chi connectivity index (χ4n) is 4.66. The average Bonchev–Trinajstić information content (AvgIpc) is 2.99. The van der Waals surface area contributed by atoms with Crippen LogP contribution in [0.1, 0.15) is 0 Å². The Morgan fingerprint density at radius 3 is 2.28 bits per heavy atom. The summed E-state index contributed by atoms with van der Waals surface area (Å²) >= 11 is 0. The average molecular weight is 476 g/mol. The number of cyclic esters (lactones) is 1. The summed E-state index contributed by atoms with van der Waals surface area (Å²) < 4.78 is 73.4. The van der Waals surface area contributed by atoms with Crippen LogP contribution in [0.5, 0.6) is 5.75 Å². The molecule has 5 rings (SSSR count). The summed E-state index contributed by atoms with van der Waals surface area (Å²) in [7, 11) is -4.18. The summed E-state index contributed by atoms with van der Waals surface area (Å²) in [4.78, 5) is 26.4. The smallest absolute Gasteiger partial charge is 0.447 e. The third-order valence-corrected chi connectivity index (χ3v) is 7.97. The summed E-state index contributed by atoms with van der Waals surface area (Å²) in [6.45, 7) is 1.82. The molecule has 14 heteroatoms. The maximum absolute atomic E-state index is 12.8. The van der Waals surface area contributed by atoms with Gasteiger partial charge in [-0.3, -0.25) is 0 Å². The molecule has 0 aromatic heterocycles. The zero-order valence-corrected chi connectivity index (χ0v) is 17.4. The molecule has 0 bridgehead atoms. The number of urea groups is 1.